The molecule has 208 valence electrons. The Kier molecular flexibility index (Phi) is 7.44. The van der Waals surface area contributed by atoms with E-state index in [4.69, 9.17) is 4.74 Å². The first-order valence-corrected chi connectivity index (χ1v) is 13.7. The molecule has 4 atom stereocenters. The minimum Gasteiger partial charge on any atom is -0.457 e. The summed E-state index contributed by atoms with van der Waals surface area (Å²) < 4.78 is 34.3. The van der Waals surface area contributed by atoms with Gasteiger partial charge in [-0.3, -0.25) is 14.4 Å². The van der Waals surface area contributed by atoms with E-state index >= 15 is 0 Å². The fourth-order valence-electron chi connectivity index (χ4n) is 6.03. The van der Waals surface area contributed by atoms with Crippen LogP contribution in [0.1, 0.15) is 61.2 Å². The van der Waals surface area contributed by atoms with Crippen LogP contribution < -0.4 is 0 Å². The Hall–Kier alpha value is -4.97. The minimum absolute atomic E-state index is 0.0511. The predicted octanol–water partition coefficient (Wildman–Crippen LogP) is 7.57. The zero-order chi connectivity index (χ0) is 29.2. The van der Waals surface area contributed by atoms with Crippen LogP contribution in [0.25, 0.3) is 12.2 Å². The largest absolute Gasteiger partial charge is 0.457 e. The number of fused-ring (bicyclic) bond motifs is 3. The SMILES string of the molecule is O=C(/C=C/c1cc(F)ccc1/C=C/[C@H]1OC(=O)[C@@H]2[C@H]1c1ccc(F)cc1[C@@H]2CC(=O)c1ccccc1)c1ccccc1. The third-order valence-electron chi connectivity index (χ3n) is 7.99. The molecule has 1 fully saturated rings. The van der Waals surface area contributed by atoms with Gasteiger partial charge in [0.2, 0.25) is 0 Å². The lowest BCUT2D eigenvalue weighted by Gasteiger charge is -2.16. The molecule has 0 bridgehead atoms. The Balaban J connectivity index is 1.28. The lowest BCUT2D eigenvalue weighted by molar-refractivity contribution is -0.143. The van der Waals surface area contributed by atoms with E-state index in [1.54, 1.807) is 78.9 Å². The molecule has 1 saturated heterocycles. The number of esters is 1. The molecule has 2 aliphatic rings. The molecule has 0 saturated carbocycles. The van der Waals surface area contributed by atoms with Gasteiger partial charge in [0.1, 0.15) is 17.7 Å². The maximum absolute atomic E-state index is 14.4. The quantitative estimate of drug-likeness (QED) is 0.127. The van der Waals surface area contributed by atoms with E-state index < -0.39 is 41.5 Å². The molecule has 1 aliphatic carbocycles. The van der Waals surface area contributed by atoms with Crippen molar-refractivity contribution in [3.8, 4) is 0 Å². The second-order valence-electron chi connectivity index (χ2n) is 10.5. The van der Waals surface area contributed by atoms with E-state index in [0.717, 1.165) is 5.56 Å². The van der Waals surface area contributed by atoms with E-state index in [9.17, 15) is 23.2 Å². The molecule has 0 unspecified atom stereocenters. The standard InChI is InChI=1S/C36H26F2O4/c37-26-14-11-22(25(19-26)12-17-31(39)23-7-3-1-4-8-23)13-18-33-34-28-16-15-27(38)20-29(28)30(35(34)36(41)42-33)21-32(40)24-9-5-2-6-10-24/h1-20,30,33-35H,21H2/b17-12+,18-13+/t30-,33+,34-,35-/m0/s1. The zero-order valence-corrected chi connectivity index (χ0v) is 22.5. The van der Waals surface area contributed by atoms with Gasteiger partial charge in [0.05, 0.1) is 5.92 Å². The van der Waals surface area contributed by atoms with E-state index in [0.29, 0.717) is 27.8 Å². The molecule has 1 heterocycles. The molecule has 1 aliphatic heterocycles. The van der Waals surface area contributed by atoms with Gasteiger partial charge < -0.3 is 4.74 Å². The van der Waals surface area contributed by atoms with Crippen LogP contribution >= 0.6 is 0 Å². The molecule has 4 nitrogen and oxygen atoms in total. The molecule has 42 heavy (non-hydrogen) atoms. The summed E-state index contributed by atoms with van der Waals surface area (Å²) in [7, 11) is 0. The molecule has 4 aromatic carbocycles. The number of ketones is 2. The number of ether oxygens (including phenoxy) is 1. The normalized spacial score (nSPS) is 21.0. The monoisotopic (exact) mass is 560 g/mol. The van der Waals surface area contributed by atoms with Crippen molar-refractivity contribution >= 4 is 29.7 Å². The van der Waals surface area contributed by atoms with Crippen molar-refractivity contribution in [2.24, 2.45) is 5.92 Å². The molecule has 0 radical (unpaired) electrons. The van der Waals surface area contributed by atoms with Crippen LogP contribution in [0.3, 0.4) is 0 Å². The molecule has 6 heteroatoms. The maximum atomic E-state index is 14.4. The maximum Gasteiger partial charge on any atom is 0.310 e. The number of allylic oxidation sites excluding steroid dienone is 1. The summed E-state index contributed by atoms with van der Waals surface area (Å²) in [6.07, 6.45) is 5.80. The molecule has 4 aromatic rings. The number of Topliss-reactive ketones (excluding diaryl/α,β-unsaturated/α-hetero) is 1. The molecular weight excluding hydrogens is 534 g/mol. The fraction of sp³-hybridized carbons (Fsp3) is 0.139. The number of hydrogen-bond acceptors (Lipinski definition) is 4. The Morgan fingerprint density at radius 2 is 1.38 bits per heavy atom. The van der Waals surface area contributed by atoms with Crippen molar-refractivity contribution in [3.63, 3.8) is 0 Å². The van der Waals surface area contributed by atoms with Gasteiger partial charge in [-0.05, 0) is 58.7 Å². The highest BCUT2D eigenvalue weighted by Gasteiger charge is 2.54. The van der Waals surface area contributed by atoms with Crippen molar-refractivity contribution < 1.29 is 27.9 Å². The summed E-state index contributed by atoms with van der Waals surface area (Å²) >= 11 is 0. The first-order valence-electron chi connectivity index (χ1n) is 13.7. The van der Waals surface area contributed by atoms with Crippen LogP contribution in [0.15, 0.2) is 109 Å². The van der Waals surface area contributed by atoms with Crippen LogP contribution in [0.4, 0.5) is 8.78 Å². The third-order valence-corrected chi connectivity index (χ3v) is 7.99. The van der Waals surface area contributed by atoms with E-state index in [-0.39, 0.29) is 18.0 Å². The summed E-state index contributed by atoms with van der Waals surface area (Å²) in [5.74, 6) is -3.23. The van der Waals surface area contributed by atoms with Gasteiger partial charge in [0.25, 0.3) is 0 Å². The van der Waals surface area contributed by atoms with Crippen LogP contribution in [0.5, 0.6) is 0 Å². The van der Waals surface area contributed by atoms with Gasteiger partial charge in [-0.2, -0.15) is 0 Å². The summed E-state index contributed by atoms with van der Waals surface area (Å²) in [6.45, 7) is 0. The number of carbonyl (C=O) groups excluding carboxylic acids is 3. The number of hydrogen-bond donors (Lipinski definition) is 0. The van der Waals surface area contributed by atoms with Gasteiger partial charge in [0.15, 0.2) is 11.6 Å². The predicted molar refractivity (Wildman–Crippen MR) is 156 cm³/mol. The highest BCUT2D eigenvalue weighted by atomic mass is 19.1. The van der Waals surface area contributed by atoms with Gasteiger partial charge >= 0.3 is 5.97 Å². The molecule has 6 rings (SSSR count). The molecule has 0 aromatic heterocycles. The lowest BCUT2D eigenvalue weighted by Crippen LogP contribution is -2.19. The second-order valence-corrected chi connectivity index (χ2v) is 10.5. The number of benzene rings is 4. The van der Waals surface area contributed by atoms with Crippen molar-refractivity contribution in [1.82, 2.24) is 0 Å². The van der Waals surface area contributed by atoms with Crippen LogP contribution in [0.2, 0.25) is 0 Å². The van der Waals surface area contributed by atoms with Gasteiger partial charge in [0, 0.05) is 29.4 Å². The van der Waals surface area contributed by atoms with Crippen LogP contribution in [0, 0.1) is 17.6 Å². The number of rotatable bonds is 8. The minimum atomic E-state index is -0.670. The summed E-state index contributed by atoms with van der Waals surface area (Å²) in [5, 5.41) is 0. The summed E-state index contributed by atoms with van der Waals surface area (Å²) in [6, 6.07) is 26.3. The Morgan fingerprint density at radius 1 is 0.714 bits per heavy atom. The third kappa shape index (κ3) is 5.36. The summed E-state index contributed by atoms with van der Waals surface area (Å²) in [5.41, 5.74) is 3.58. The molecule has 0 amide bonds. The molecule has 0 spiro atoms. The summed E-state index contributed by atoms with van der Waals surface area (Å²) in [4.78, 5) is 38.9. The number of halogens is 2. The second kappa shape index (κ2) is 11.5. The smallest absolute Gasteiger partial charge is 0.310 e. The Morgan fingerprint density at radius 3 is 2.12 bits per heavy atom. The van der Waals surface area contributed by atoms with E-state index in [1.165, 1.54) is 30.3 Å². The lowest BCUT2D eigenvalue weighted by atomic mass is 9.82. The van der Waals surface area contributed by atoms with Crippen LogP contribution in [-0.2, 0) is 9.53 Å². The number of cyclic esters (lactones) is 1. The Bertz CT molecular complexity index is 1730. The average Bonchev–Trinajstić information content (AvgIpc) is 3.50. The molecule has 0 N–H and O–H groups in total. The van der Waals surface area contributed by atoms with Crippen molar-refractivity contribution in [2.75, 3.05) is 0 Å². The molecular formula is C36H26F2O4. The topological polar surface area (TPSA) is 60.4 Å². The van der Waals surface area contributed by atoms with Crippen LogP contribution in [-0.4, -0.2) is 23.6 Å². The van der Waals surface area contributed by atoms with Gasteiger partial charge in [-0.15, -0.1) is 0 Å². The Labute approximate surface area is 242 Å². The number of carbonyl (C=O) groups is 3. The fourth-order valence-corrected chi connectivity index (χ4v) is 6.03. The highest BCUT2D eigenvalue weighted by Crippen LogP contribution is 2.55. The van der Waals surface area contributed by atoms with E-state index in [2.05, 4.69) is 0 Å². The highest BCUT2D eigenvalue weighted by molar-refractivity contribution is 6.07. The van der Waals surface area contributed by atoms with Crippen molar-refractivity contribution in [3.05, 3.63) is 154 Å². The first-order chi connectivity index (χ1) is 20.4. The van der Waals surface area contributed by atoms with Crippen molar-refractivity contribution in [1.29, 1.82) is 0 Å². The first kappa shape index (κ1) is 27.2. The van der Waals surface area contributed by atoms with E-state index in [1.807, 2.05) is 12.1 Å². The van der Waals surface area contributed by atoms with Gasteiger partial charge in [-0.25, -0.2) is 8.78 Å². The van der Waals surface area contributed by atoms with Gasteiger partial charge in [-0.1, -0.05) is 84.9 Å². The van der Waals surface area contributed by atoms with Crippen molar-refractivity contribution in [2.45, 2.75) is 24.4 Å². The average molecular weight is 561 g/mol. The zero-order valence-electron chi connectivity index (χ0n) is 22.5.